The van der Waals surface area contributed by atoms with Crippen molar-refractivity contribution < 1.29 is 22.9 Å². The number of nitro groups is 1. The Morgan fingerprint density at radius 3 is 2.30 bits per heavy atom. The topological polar surface area (TPSA) is 121 Å². The van der Waals surface area contributed by atoms with Gasteiger partial charge < -0.3 is 9.80 Å². The predicted molar refractivity (Wildman–Crippen MR) is 107 cm³/mol. The van der Waals surface area contributed by atoms with Crippen molar-refractivity contribution in [1.29, 1.82) is 0 Å². The number of fused-ring (bicyclic) bond motifs is 1. The molecule has 1 saturated heterocycles. The molecule has 10 nitrogen and oxygen atoms in total. The molecule has 0 spiro atoms. The maximum absolute atomic E-state index is 12.7. The van der Waals surface area contributed by atoms with E-state index >= 15 is 0 Å². The number of anilines is 1. The van der Waals surface area contributed by atoms with Gasteiger partial charge in [0, 0.05) is 32.2 Å². The summed E-state index contributed by atoms with van der Waals surface area (Å²) in [6.45, 7) is 0.677. The number of nitrogens with zero attached hydrogens (tertiary/aromatic N) is 4. The number of sulfonamides is 1. The first-order chi connectivity index (χ1) is 14.3. The molecule has 0 aromatic heterocycles. The summed E-state index contributed by atoms with van der Waals surface area (Å²) in [5.41, 5.74) is 0.526. The zero-order valence-corrected chi connectivity index (χ0v) is 16.6. The fourth-order valence-electron chi connectivity index (χ4n) is 3.69. The van der Waals surface area contributed by atoms with Gasteiger partial charge in [0.2, 0.25) is 5.91 Å². The molecule has 0 radical (unpaired) electrons. The van der Waals surface area contributed by atoms with Crippen LogP contribution in [0.4, 0.5) is 11.4 Å². The molecule has 30 heavy (non-hydrogen) atoms. The normalized spacial score (nSPS) is 17.7. The number of para-hydroxylation sites is 2. The Kier molecular flexibility index (Phi) is 4.90. The van der Waals surface area contributed by atoms with Crippen LogP contribution in [0.3, 0.4) is 0 Å². The number of hydrogen-bond donors (Lipinski definition) is 0. The molecule has 0 N–H and O–H groups in total. The van der Waals surface area contributed by atoms with Gasteiger partial charge in [0.1, 0.15) is 17.1 Å². The molecule has 0 unspecified atom stereocenters. The van der Waals surface area contributed by atoms with Crippen LogP contribution in [0, 0.1) is 10.1 Å². The van der Waals surface area contributed by atoms with Crippen LogP contribution in [-0.2, 0) is 14.8 Å². The average molecular weight is 430 g/mol. The third-order valence-corrected chi connectivity index (χ3v) is 7.03. The zero-order valence-electron chi connectivity index (χ0n) is 15.8. The molecule has 0 atom stereocenters. The van der Waals surface area contributed by atoms with Gasteiger partial charge in [0.05, 0.1) is 10.5 Å². The first kappa shape index (κ1) is 19.8. The average Bonchev–Trinajstić information content (AvgIpc) is 2.94. The van der Waals surface area contributed by atoms with Gasteiger partial charge in [-0.3, -0.25) is 19.7 Å². The van der Waals surface area contributed by atoms with E-state index in [1.165, 1.54) is 29.2 Å². The van der Waals surface area contributed by atoms with E-state index in [9.17, 15) is 28.1 Å². The lowest BCUT2D eigenvalue weighted by molar-refractivity contribution is -0.384. The molecule has 1 fully saturated rings. The summed E-state index contributed by atoms with van der Waals surface area (Å²) in [6, 6.07) is 12.2. The van der Waals surface area contributed by atoms with Crippen LogP contribution in [0.2, 0.25) is 0 Å². The molecule has 156 valence electrons. The van der Waals surface area contributed by atoms with Gasteiger partial charge >= 0.3 is 0 Å². The van der Waals surface area contributed by atoms with Crippen LogP contribution in [0.1, 0.15) is 10.4 Å². The minimum absolute atomic E-state index is 0.0104. The van der Waals surface area contributed by atoms with E-state index in [1.54, 1.807) is 24.3 Å². The van der Waals surface area contributed by atoms with Crippen LogP contribution in [0.15, 0.2) is 53.4 Å². The van der Waals surface area contributed by atoms with E-state index in [0.717, 1.165) is 0 Å². The van der Waals surface area contributed by atoms with Crippen LogP contribution >= 0.6 is 0 Å². The standard InChI is InChI=1S/C19H18N4O6S/c24-18(13-22-19(25)14-5-1-4-8-17(14)30(22,28)29)21-11-9-20(10-12-21)15-6-2-3-7-16(15)23(26)27/h1-8H,9-13H2. The molecule has 2 aromatic carbocycles. The van der Waals surface area contributed by atoms with Gasteiger partial charge in [0.15, 0.2) is 0 Å². The maximum Gasteiger partial charge on any atom is 0.292 e. The lowest BCUT2D eigenvalue weighted by atomic mass is 10.2. The summed E-state index contributed by atoms with van der Waals surface area (Å²) in [5.74, 6) is -1.19. The second-order valence-corrected chi connectivity index (χ2v) is 8.76. The van der Waals surface area contributed by atoms with Gasteiger partial charge in [-0.05, 0) is 18.2 Å². The molecular formula is C19H18N4O6S. The van der Waals surface area contributed by atoms with E-state index in [1.807, 2.05) is 4.90 Å². The number of rotatable bonds is 4. The minimum Gasteiger partial charge on any atom is -0.362 e. The minimum atomic E-state index is -4.05. The van der Waals surface area contributed by atoms with Crippen LogP contribution < -0.4 is 4.90 Å². The SMILES string of the molecule is O=C(CN1C(=O)c2ccccc2S1(=O)=O)N1CCN(c2ccccc2[N+](=O)[O-])CC1. The predicted octanol–water partition coefficient (Wildman–Crippen LogP) is 1.09. The van der Waals surface area contributed by atoms with Gasteiger partial charge in [-0.1, -0.05) is 24.3 Å². The van der Waals surface area contributed by atoms with Gasteiger partial charge in [-0.25, -0.2) is 12.7 Å². The summed E-state index contributed by atoms with van der Waals surface area (Å²) in [5, 5.41) is 11.2. The summed E-state index contributed by atoms with van der Waals surface area (Å²) >= 11 is 0. The van der Waals surface area contributed by atoms with Crippen molar-refractivity contribution in [3.63, 3.8) is 0 Å². The van der Waals surface area contributed by atoms with Crippen LogP contribution in [0.25, 0.3) is 0 Å². The highest BCUT2D eigenvalue weighted by Gasteiger charge is 2.42. The molecule has 0 aliphatic carbocycles. The smallest absolute Gasteiger partial charge is 0.292 e. The van der Waals surface area contributed by atoms with E-state index < -0.39 is 33.3 Å². The number of benzene rings is 2. The quantitative estimate of drug-likeness (QED) is 0.526. The van der Waals surface area contributed by atoms with E-state index in [4.69, 9.17) is 0 Å². The first-order valence-electron chi connectivity index (χ1n) is 9.23. The van der Waals surface area contributed by atoms with Crippen molar-refractivity contribution >= 4 is 33.2 Å². The highest BCUT2D eigenvalue weighted by atomic mass is 32.2. The molecule has 2 heterocycles. The lowest BCUT2D eigenvalue weighted by Gasteiger charge is -2.36. The molecule has 0 bridgehead atoms. The Balaban J connectivity index is 1.44. The molecular weight excluding hydrogens is 412 g/mol. The van der Waals surface area contributed by atoms with Crippen molar-refractivity contribution in [1.82, 2.24) is 9.21 Å². The van der Waals surface area contributed by atoms with E-state index in [-0.39, 0.29) is 29.2 Å². The first-order valence-corrected chi connectivity index (χ1v) is 10.7. The van der Waals surface area contributed by atoms with Crippen molar-refractivity contribution in [3.05, 3.63) is 64.2 Å². The highest BCUT2D eigenvalue weighted by molar-refractivity contribution is 7.90. The van der Waals surface area contributed by atoms with Crippen molar-refractivity contribution in [3.8, 4) is 0 Å². The molecule has 4 rings (SSSR count). The number of piperazine rings is 1. The number of carbonyl (C=O) groups is 2. The fourth-order valence-corrected chi connectivity index (χ4v) is 5.21. The third-order valence-electron chi connectivity index (χ3n) is 5.24. The molecule has 2 aliphatic rings. The molecule has 2 aromatic rings. The zero-order chi connectivity index (χ0) is 21.5. The Hall–Kier alpha value is -3.47. The number of amides is 2. The number of carbonyl (C=O) groups excluding carboxylic acids is 2. The largest absolute Gasteiger partial charge is 0.362 e. The third kappa shape index (κ3) is 3.26. The molecule has 11 heteroatoms. The van der Waals surface area contributed by atoms with E-state index in [0.29, 0.717) is 23.1 Å². The van der Waals surface area contributed by atoms with Crippen molar-refractivity contribution in [2.75, 3.05) is 37.6 Å². The van der Waals surface area contributed by atoms with E-state index in [2.05, 4.69) is 0 Å². The Morgan fingerprint density at radius 2 is 1.63 bits per heavy atom. The number of hydrogen-bond acceptors (Lipinski definition) is 7. The summed E-state index contributed by atoms with van der Waals surface area (Å²) in [4.78, 5) is 39.1. The fraction of sp³-hybridized carbons (Fsp3) is 0.263. The van der Waals surface area contributed by atoms with Crippen molar-refractivity contribution in [2.45, 2.75) is 4.90 Å². The molecule has 2 aliphatic heterocycles. The molecule has 0 saturated carbocycles. The Bertz CT molecular complexity index is 1140. The maximum atomic E-state index is 12.7. The Morgan fingerprint density at radius 1 is 1.00 bits per heavy atom. The van der Waals surface area contributed by atoms with Gasteiger partial charge in [-0.2, -0.15) is 0 Å². The second kappa shape index (κ2) is 7.41. The summed E-state index contributed by atoms with van der Waals surface area (Å²) in [7, 11) is -4.05. The van der Waals surface area contributed by atoms with Crippen molar-refractivity contribution in [2.24, 2.45) is 0 Å². The van der Waals surface area contributed by atoms with Crippen LogP contribution in [-0.4, -0.2) is 67.1 Å². The summed E-state index contributed by atoms with van der Waals surface area (Å²) < 4.78 is 25.8. The molecule has 2 amide bonds. The lowest BCUT2D eigenvalue weighted by Crippen LogP contribution is -2.52. The monoisotopic (exact) mass is 430 g/mol. The number of nitro benzene ring substituents is 1. The van der Waals surface area contributed by atoms with Gasteiger partial charge in [0.25, 0.3) is 21.6 Å². The van der Waals surface area contributed by atoms with Crippen LogP contribution in [0.5, 0.6) is 0 Å². The second-order valence-electron chi connectivity index (χ2n) is 6.93. The highest BCUT2D eigenvalue weighted by Crippen LogP contribution is 2.30. The summed E-state index contributed by atoms with van der Waals surface area (Å²) in [6.07, 6.45) is 0. The van der Waals surface area contributed by atoms with Gasteiger partial charge in [-0.15, -0.1) is 0 Å². The Labute approximate surface area is 172 Å².